The minimum atomic E-state index is -0.00928. The van der Waals surface area contributed by atoms with Crippen LogP contribution in [-0.4, -0.2) is 14.1 Å². The van der Waals surface area contributed by atoms with Crippen LogP contribution < -0.4 is 20.7 Å². The summed E-state index contributed by atoms with van der Waals surface area (Å²) in [6.45, 7) is -0.00928. The van der Waals surface area contributed by atoms with E-state index in [1.54, 1.807) is 7.11 Å². The Morgan fingerprint density at radius 2 is 1.64 bits per heavy atom. The largest absolute Gasteiger partial charge is 0.497 e. The maximum absolute atomic E-state index is 5.35. The third kappa shape index (κ3) is 2.13. The molecular formula is C17H14BBrN2O. The fraction of sp³-hybridized carbons (Fsp3) is 0.0588. The van der Waals surface area contributed by atoms with Crippen LogP contribution in [0.3, 0.4) is 0 Å². The number of benzene rings is 3. The molecule has 2 N–H and O–H groups in total. The summed E-state index contributed by atoms with van der Waals surface area (Å²) >= 11 is 3.64. The second-order valence-electron chi connectivity index (χ2n) is 5.32. The highest BCUT2D eigenvalue weighted by Crippen LogP contribution is 2.34. The normalized spacial score (nSPS) is 12.7. The zero-order valence-corrected chi connectivity index (χ0v) is 13.6. The van der Waals surface area contributed by atoms with Gasteiger partial charge >= 0.3 is 6.98 Å². The molecule has 1 aliphatic rings. The zero-order valence-electron chi connectivity index (χ0n) is 12.1. The quantitative estimate of drug-likeness (QED) is 0.687. The first kappa shape index (κ1) is 13.5. The van der Waals surface area contributed by atoms with Crippen LogP contribution in [0.25, 0.3) is 10.8 Å². The Kier molecular flexibility index (Phi) is 3.23. The number of ether oxygens (including phenoxy) is 1. The van der Waals surface area contributed by atoms with Crippen LogP contribution in [0.5, 0.6) is 5.75 Å². The number of rotatable bonds is 2. The fourth-order valence-corrected chi connectivity index (χ4v) is 3.43. The van der Waals surface area contributed by atoms with Gasteiger partial charge in [-0.25, -0.2) is 0 Å². The van der Waals surface area contributed by atoms with Crippen molar-refractivity contribution in [2.24, 2.45) is 0 Å². The van der Waals surface area contributed by atoms with Gasteiger partial charge in [-0.05, 0) is 41.2 Å². The van der Waals surface area contributed by atoms with Crippen molar-refractivity contribution in [2.75, 3.05) is 17.6 Å². The first-order valence-electron chi connectivity index (χ1n) is 7.14. The summed E-state index contributed by atoms with van der Waals surface area (Å²) in [6.07, 6.45) is 0. The highest BCUT2D eigenvalue weighted by molar-refractivity contribution is 9.10. The molecule has 3 aromatic rings. The van der Waals surface area contributed by atoms with Crippen molar-refractivity contribution >= 4 is 50.5 Å². The Morgan fingerprint density at radius 3 is 2.27 bits per heavy atom. The molecule has 0 unspecified atom stereocenters. The number of hydrogen-bond acceptors (Lipinski definition) is 3. The van der Waals surface area contributed by atoms with Crippen LogP contribution in [0.2, 0.25) is 0 Å². The second kappa shape index (κ2) is 5.25. The molecule has 0 atom stereocenters. The Hall–Kier alpha value is -2.14. The van der Waals surface area contributed by atoms with E-state index in [4.69, 9.17) is 4.74 Å². The van der Waals surface area contributed by atoms with Gasteiger partial charge in [0.2, 0.25) is 0 Å². The minimum Gasteiger partial charge on any atom is -0.497 e. The molecule has 1 heterocycles. The Balaban J connectivity index is 1.82. The monoisotopic (exact) mass is 352 g/mol. The lowest BCUT2D eigenvalue weighted by Gasteiger charge is -2.27. The van der Waals surface area contributed by atoms with E-state index >= 15 is 0 Å². The molecular weight excluding hydrogens is 339 g/mol. The predicted molar refractivity (Wildman–Crippen MR) is 97.3 cm³/mol. The van der Waals surface area contributed by atoms with Crippen molar-refractivity contribution in [3.8, 4) is 5.75 Å². The van der Waals surface area contributed by atoms with E-state index in [0.717, 1.165) is 27.1 Å². The average molecular weight is 353 g/mol. The van der Waals surface area contributed by atoms with E-state index in [1.165, 1.54) is 10.8 Å². The van der Waals surface area contributed by atoms with Crippen molar-refractivity contribution < 1.29 is 4.74 Å². The van der Waals surface area contributed by atoms with E-state index in [9.17, 15) is 0 Å². The summed E-state index contributed by atoms with van der Waals surface area (Å²) in [4.78, 5) is 0. The van der Waals surface area contributed by atoms with Crippen molar-refractivity contribution in [3.63, 3.8) is 0 Å². The molecule has 3 nitrogen and oxygen atoms in total. The minimum absolute atomic E-state index is 0.00928. The molecule has 0 saturated heterocycles. The van der Waals surface area contributed by atoms with Crippen LogP contribution in [-0.2, 0) is 0 Å². The molecule has 0 aromatic heterocycles. The lowest BCUT2D eigenvalue weighted by molar-refractivity contribution is 0.415. The second-order valence-corrected chi connectivity index (χ2v) is 6.17. The Morgan fingerprint density at radius 1 is 0.955 bits per heavy atom. The molecule has 0 spiro atoms. The smallest absolute Gasteiger partial charge is 0.407 e. The summed E-state index contributed by atoms with van der Waals surface area (Å²) in [6, 6.07) is 18.7. The molecule has 4 rings (SSSR count). The molecule has 108 valence electrons. The van der Waals surface area contributed by atoms with E-state index in [-0.39, 0.29) is 6.98 Å². The predicted octanol–water partition coefficient (Wildman–Crippen LogP) is 3.84. The molecule has 0 amide bonds. The van der Waals surface area contributed by atoms with Gasteiger partial charge in [0, 0.05) is 21.2 Å². The lowest BCUT2D eigenvalue weighted by atomic mass is 9.66. The fourth-order valence-electron chi connectivity index (χ4n) is 2.95. The first-order valence-corrected chi connectivity index (χ1v) is 7.94. The van der Waals surface area contributed by atoms with Crippen LogP contribution in [0.1, 0.15) is 0 Å². The van der Waals surface area contributed by atoms with Crippen LogP contribution >= 0.6 is 15.9 Å². The van der Waals surface area contributed by atoms with Gasteiger partial charge in [-0.2, -0.15) is 0 Å². The van der Waals surface area contributed by atoms with Gasteiger partial charge in [-0.3, -0.25) is 0 Å². The summed E-state index contributed by atoms with van der Waals surface area (Å²) < 4.78 is 6.40. The van der Waals surface area contributed by atoms with Crippen molar-refractivity contribution in [3.05, 3.63) is 59.1 Å². The van der Waals surface area contributed by atoms with Gasteiger partial charge in [-0.15, -0.1) is 0 Å². The summed E-state index contributed by atoms with van der Waals surface area (Å²) in [5, 5.41) is 9.62. The highest BCUT2D eigenvalue weighted by atomic mass is 79.9. The topological polar surface area (TPSA) is 33.3 Å². The summed E-state index contributed by atoms with van der Waals surface area (Å²) in [5.41, 5.74) is 3.41. The number of halogens is 1. The molecule has 22 heavy (non-hydrogen) atoms. The third-order valence-electron chi connectivity index (χ3n) is 4.02. The number of nitrogens with one attached hydrogen (secondary N) is 2. The summed E-state index contributed by atoms with van der Waals surface area (Å²) in [5.74, 6) is 0.846. The van der Waals surface area contributed by atoms with Crippen LogP contribution in [0.4, 0.5) is 11.4 Å². The number of hydrogen-bond donors (Lipinski definition) is 2. The van der Waals surface area contributed by atoms with Gasteiger partial charge in [0.25, 0.3) is 0 Å². The first-order chi connectivity index (χ1) is 10.8. The third-order valence-corrected chi connectivity index (χ3v) is 4.74. The zero-order chi connectivity index (χ0) is 15.1. The molecule has 0 saturated carbocycles. The van der Waals surface area contributed by atoms with E-state index in [0.29, 0.717) is 0 Å². The molecule has 3 aromatic carbocycles. The van der Waals surface area contributed by atoms with E-state index < -0.39 is 0 Å². The van der Waals surface area contributed by atoms with Gasteiger partial charge in [0.15, 0.2) is 0 Å². The van der Waals surface area contributed by atoms with E-state index in [1.807, 2.05) is 18.2 Å². The van der Waals surface area contributed by atoms with Crippen LogP contribution in [0, 0.1) is 0 Å². The molecule has 0 fully saturated rings. The number of methoxy groups -OCH3 is 1. The van der Waals surface area contributed by atoms with Crippen molar-refractivity contribution in [1.29, 1.82) is 0 Å². The van der Waals surface area contributed by atoms with Crippen LogP contribution in [0.15, 0.2) is 59.1 Å². The molecule has 1 aliphatic heterocycles. The standard InChI is InChI=1S/C17H14BBrN2O/c1-22-12-8-9-14(19)13(10-12)18-20-15-6-2-4-11-5-3-7-16(21-18)17(11)15/h2-10,20-21H,1H3. The molecule has 0 bridgehead atoms. The van der Waals surface area contributed by atoms with Gasteiger partial charge in [0.1, 0.15) is 5.75 Å². The van der Waals surface area contributed by atoms with Crippen molar-refractivity contribution in [1.82, 2.24) is 0 Å². The number of anilines is 2. The molecule has 0 radical (unpaired) electrons. The Labute approximate surface area is 137 Å². The highest BCUT2D eigenvalue weighted by Gasteiger charge is 2.27. The van der Waals surface area contributed by atoms with E-state index in [2.05, 4.69) is 62.8 Å². The van der Waals surface area contributed by atoms with Gasteiger partial charge < -0.3 is 15.2 Å². The SMILES string of the molecule is COc1ccc(Br)c(B2Nc3cccc4cccc(c34)N2)c1. The maximum Gasteiger partial charge on any atom is 0.407 e. The van der Waals surface area contributed by atoms with Gasteiger partial charge in [0.05, 0.1) is 7.11 Å². The summed E-state index contributed by atoms with van der Waals surface area (Å²) in [7, 11) is 1.69. The average Bonchev–Trinajstić information content (AvgIpc) is 2.56. The maximum atomic E-state index is 5.35. The van der Waals surface area contributed by atoms with Crippen molar-refractivity contribution in [2.45, 2.75) is 0 Å². The lowest BCUT2D eigenvalue weighted by Crippen LogP contribution is -2.48. The van der Waals surface area contributed by atoms with Gasteiger partial charge in [-0.1, -0.05) is 40.2 Å². The molecule has 5 heteroatoms. The Bertz CT molecular complexity index is 828. The molecule has 0 aliphatic carbocycles.